The van der Waals surface area contributed by atoms with Gasteiger partial charge in [-0.3, -0.25) is 4.79 Å². The lowest BCUT2D eigenvalue weighted by Gasteiger charge is -2.33. The first-order valence-electron chi connectivity index (χ1n) is 9.10. The number of hydrogen-bond donors (Lipinski definition) is 0. The lowest BCUT2D eigenvalue weighted by Crippen LogP contribution is -2.50. The molecule has 3 rings (SSSR count). The number of ether oxygens (including phenoxy) is 1. The highest BCUT2D eigenvalue weighted by Crippen LogP contribution is 2.34. The Labute approximate surface area is 159 Å². The van der Waals surface area contributed by atoms with Gasteiger partial charge < -0.3 is 14.5 Å². The molecule has 1 fully saturated rings. The van der Waals surface area contributed by atoms with Gasteiger partial charge in [0.25, 0.3) is 0 Å². The van der Waals surface area contributed by atoms with E-state index in [1.807, 2.05) is 6.92 Å². The largest absolute Gasteiger partial charge is 0.450 e. The Kier molecular flexibility index (Phi) is 5.43. The van der Waals surface area contributed by atoms with Crippen molar-refractivity contribution in [1.29, 1.82) is 0 Å². The number of carbonyl (C=O) groups excluding carboxylic acids is 2. The first kappa shape index (κ1) is 19.6. The Bertz CT molecular complexity index is 847. The standard InChI is InChI=1S/C18H25N3O5S/c1-4-26-18(23)19-7-9-20(10-8-19)27(24,25)16-5-6-17-15(12-16)11-13(2)21(17)14(3)22/h5-6,12-13H,4,7-11H2,1-3H3/t13-/m1/s1. The van der Waals surface area contributed by atoms with Gasteiger partial charge in [-0.2, -0.15) is 4.31 Å². The highest BCUT2D eigenvalue weighted by Gasteiger charge is 2.33. The first-order valence-corrected chi connectivity index (χ1v) is 10.5. The van der Waals surface area contributed by atoms with Crippen molar-refractivity contribution >= 4 is 27.7 Å². The zero-order valence-electron chi connectivity index (χ0n) is 15.8. The molecule has 0 unspecified atom stereocenters. The van der Waals surface area contributed by atoms with Gasteiger partial charge in [-0.15, -0.1) is 0 Å². The average molecular weight is 395 g/mol. The van der Waals surface area contributed by atoms with Crippen LogP contribution in [0, 0.1) is 0 Å². The van der Waals surface area contributed by atoms with Crippen LogP contribution in [0.5, 0.6) is 0 Å². The molecule has 8 nitrogen and oxygen atoms in total. The molecule has 1 aromatic rings. The monoisotopic (exact) mass is 395 g/mol. The van der Waals surface area contributed by atoms with Gasteiger partial charge >= 0.3 is 6.09 Å². The van der Waals surface area contributed by atoms with Crippen molar-refractivity contribution in [2.75, 3.05) is 37.7 Å². The minimum Gasteiger partial charge on any atom is -0.450 e. The Balaban J connectivity index is 1.76. The van der Waals surface area contributed by atoms with E-state index in [9.17, 15) is 18.0 Å². The SMILES string of the molecule is CCOC(=O)N1CCN(S(=O)(=O)c2ccc3c(c2)C[C@@H](C)N3C(C)=O)CC1. The molecule has 0 aliphatic carbocycles. The van der Waals surface area contributed by atoms with Crippen LogP contribution in [0.25, 0.3) is 0 Å². The predicted molar refractivity (Wildman–Crippen MR) is 100 cm³/mol. The van der Waals surface area contributed by atoms with Gasteiger partial charge in [-0.05, 0) is 44.0 Å². The molecular weight excluding hydrogens is 370 g/mol. The molecule has 1 aromatic carbocycles. The Morgan fingerprint density at radius 2 is 1.85 bits per heavy atom. The van der Waals surface area contributed by atoms with Crippen LogP contribution in [0.2, 0.25) is 0 Å². The number of piperazine rings is 1. The van der Waals surface area contributed by atoms with Crippen molar-refractivity contribution < 1.29 is 22.7 Å². The van der Waals surface area contributed by atoms with E-state index in [-0.39, 0.29) is 29.9 Å². The molecule has 9 heteroatoms. The topological polar surface area (TPSA) is 87.2 Å². The lowest BCUT2D eigenvalue weighted by molar-refractivity contribution is -0.116. The highest BCUT2D eigenvalue weighted by molar-refractivity contribution is 7.89. The van der Waals surface area contributed by atoms with Crippen molar-refractivity contribution in [3.8, 4) is 0 Å². The molecule has 0 bridgehead atoms. The first-order chi connectivity index (χ1) is 12.8. The third kappa shape index (κ3) is 3.66. The van der Waals surface area contributed by atoms with Gasteiger partial charge in [-0.1, -0.05) is 0 Å². The van der Waals surface area contributed by atoms with E-state index in [4.69, 9.17) is 4.74 Å². The maximum Gasteiger partial charge on any atom is 0.409 e. The van der Waals surface area contributed by atoms with Gasteiger partial charge in [0, 0.05) is 44.8 Å². The Morgan fingerprint density at radius 1 is 1.19 bits per heavy atom. The van der Waals surface area contributed by atoms with E-state index in [0.29, 0.717) is 26.1 Å². The molecule has 2 aliphatic rings. The van der Waals surface area contributed by atoms with Crippen molar-refractivity contribution in [2.24, 2.45) is 0 Å². The van der Waals surface area contributed by atoms with Crippen LogP contribution in [-0.4, -0.2) is 68.5 Å². The van der Waals surface area contributed by atoms with Gasteiger partial charge in [-0.25, -0.2) is 13.2 Å². The maximum absolute atomic E-state index is 13.0. The second-order valence-electron chi connectivity index (χ2n) is 6.82. The summed E-state index contributed by atoms with van der Waals surface area (Å²) in [6.45, 7) is 6.56. The Hall–Kier alpha value is -2.13. The van der Waals surface area contributed by atoms with Crippen LogP contribution in [-0.2, 0) is 26.0 Å². The number of sulfonamides is 1. The molecule has 0 spiro atoms. The summed E-state index contributed by atoms with van der Waals surface area (Å²) >= 11 is 0. The minimum absolute atomic E-state index is 0.0172. The summed E-state index contributed by atoms with van der Waals surface area (Å²) in [6, 6.07) is 4.95. The van der Waals surface area contributed by atoms with Gasteiger partial charge in [0.1, 0.15) is 0 Å². The number of benzene rings is 1. The number of anilines is 1. The minimum atomic E-state index is -3.65. The fraction of sp³-hybridized carbons (Fsp3) is 0.556. The molecule has 27 heavy (non-hydrogen) atoms. The maximum atomic E-state index is 13.0. The second kappa shape index (κ2) is 7.47. The van der Waals surface area contributed by atoms with E-state index >= 15 is 0 Å². The van der Waals surface area contributed by atoms with Crippen molar-refractivity contribution in [3.63, 3.8) is 0 Å². The normalized spacial score (nSPS) is 20.5. The molecule has 0 radical (unpaired) electrons. The van der Waals surface area contributed by atoms with Gasteiger partial charge in [0.15, 0.2) is 0 Å². The zero-order valence-corrected chi connectivity index (χ0v) is 16.7. The van der Waals surface area contributed by atoms with Crippen LogP contribution in [0.1, 0.15) is 26.3 Å². The van der Waals surface area contributed by atoms with Gasteiger partial charge in [0.05, 0.1) is 11.5 Å². The molecule has 2 amide bonds. The van der Waals surface area contributed by atoms with Crippen LogP contribution >= 0.6 is 0 Å². The molecule has 1 atom stereocenters. The molecule has 148 valence electrons. The quantitative estimate of drug-likeness (QED) is 0.773. The van der Waals surface area contributed by atoms with Crippen LogP contribution in [0.15, 0.2) is 23.1 Å². The van der Waals surface area contributed by atoms with Crippen LogP contribution in [0.4, 0.5) is 10.5 Å². The molecule has 0 saturated carbocycles. The van der Waals surface area contributed by atoms with E-state index in [1.54, 1.807) is 30.0 Å². The summed E-state index contributed by atoms with van der Waals surface area (Å²) in [4.78, 5) is 27.1. The number of nitrogens with zero attached hydrogens (tertiary/aromatic N) is 3. The number of fused-ring (bicyclic) bond motifs is 1. The lowest BCUT2D eigenvalue weighted by atomic mass is 10.1. The van der Waals surface area contributed by atoms with Crippen molar-refractivity contribution in [3.05, 3.63) is 23.8 Å². The fourth-order valence-corrected chi connectivity index (χ4v) is 5.20. The van der Waals surface area contributed by atoms with Crippen LogP contribution in [0.3, 0.4) is 0 Å². The molecule has 0 aromatic heterocycles. The van der Waals surface area contributed by atoms with Crippen molar-refractivity contribution in [2.45, 2.75) is 38.1 Å². The zero-order chi connectivity index (χ0) is 19.8. The molecular formula is C18H25N3O5S. The van der Waals surface area contributed by atoms with Crippen LogP contribution < -0.4 is 4.90 Å². The number of hydrogen-bond acceptors (Lipinski definition) is 5. The number of amides is 2. The number of rotatable bonds is 3. The van der Waals surface area contributed by atoms with Crippen molar-refractivity contribution in [1.82, 2.24) is 9.21 Å². The second-order valence-corrected chi connectivity index (χ2v) is 8.76. The Morgan fingerprint density at radius 3 is 2.44 bits per heavy atom. The van der Waals surface area contributed by atoms with E-state index in [2.05, 4.69) is 0 Å². The molecule has 0 N–H and O–H groups in total. The summed E-state index contributed by atoms with van der Waals surface area (Å²) in [5.74, 6) is -0.0491. The smallest absolute Gasteiger partial charge is 0.409 e. The summed E-state index contributed by atoms with van der Waals surface area (Å²) in [6.07, 6.45) is 0.222. The van der Waals surface area contributed by atoms with E-state index in [0.717, 1.165) is 11.3 Å². The summed E-state index contributed by atoms with van der Waals surface area (Å²) in [5, 5.41) is 0. The van der Waals surface area contributed by atoms with E-state index in [1.165, 1.54) is 16.1 Å². The predicted octanol–water partition coefficient (Wildman–Crippen LogP) is 1.45. The molecule has 1 saturated heterocycles. The summed E-state index contributed by atoms with van der Waals surface area (Å²) in [7, 11) is -3.65. The van der Waals surface area contributed by atoms with E-state index < -0.39 is 16.1 Å². The fourth-order valence-electron chi connectivity index (χ4n) is 3.72. The average Bonchev–Trinajstić information content (AvgIpc) is 2.97. The molecule has 2 aliphatic heterocycles. The highest BCUT2D eigenvalue weighted by atomic mass is 32.2. The van der Waals surface area contributed by atoms with Gasteiger partial charge in [0.2, 0.25) is 15.9 Å². The summed E-state index contributed by atoms with van der Waals surface area (Å²) < 4.78 is 32.4. The third-order valence-corrected chi connectivity index (χ3v) is 6.90. The molecule has 2 heterocycles. The summed E-state index contributed by atoms with van der Waals surface area (Å²) in [5.41, 5.74) is 1.64. The third-order valence-electron chi connectivity index (χ3n) is 5.01. The number of carbonyl (C=O) groups is 2.